The van der Waals surface area contributed by atoms with Crippen LogP contribution in [0.1, 0.15) is 56.1 Å². The summed E-state index contributed by atoms with van der Waals surface area (Å²) in [6.45, 7) is 9.06. The lowest BCUT2D eigenvalue weighted by Crippen LogP contribution is -2.47. The predicted molar refractivity (Wildman–Crippen MR) is 127 cm³/mol. The number of halogens is 3. The Morgan fingerprint density at radius 3 is 2.11 bits per heavy atom. The summed E-state index contributed by atoms with van der Waals surface area (Å²) in [6.07, 6.45) is 6.72. The molecule has 0 bridgehead atoms. The quantitative estimate of drug-likeness (QED) is 0.259. The smallest absolute Gasteiger partial charge is 0.485 e. The number of aryl methyl sites for hydroxylation is 1. The standard InChI is InChI=1S/C25H29N2.CHF3O3S/c1-18-14-15-26-24(16-18)27-22-13-9-8-12-20(22)21(17-23(27)25(2,3)4)19-10-6-5-7-11-19;2-1(3,4)8(5,6)7/h5-7,10-11,14-17H,8-9,12-13H2,1-4H3;(H,5,6,7)/q+1;/p-1. The van der Waals surface area contributed by atoms with Gasteiger partial charge in [0.1, 0.15) is 17.6 Å². The minimum Gasteiger partial charge on any atom is -0.741 e. The van der Waals surface area contributed by atoms with Crippen LogP contribution in [0.4, 0.5) is 13.2 Å². The number of hydrogen-bond donors (Lipinski definition) is 0. The lowest BCUT2D eigenvalue weighted by atomic mass is 9.83. The Morgan fingerprint density at radius 1 is 0.971 bits per heavy atom. The predicted octanol–water partition coefficient (Wildman–Crippen LogP) is 5.56. The topological polar surface area (TPSA) is 74.0 Å². The molecule has 188 valence electrons. The molecule has 2 aromatic heterocycles. The summed E-state index contributed by atoms with van der Waals surface area (Å²) in [4.78, 5) is 4.76. The maximum absolute atomic E-state index is 10.7. The molecule has 4 rings (SSSR count). The molecule has 9 heteroatoms. The first-order valence-corrected chi connectivity index (χ1v) is 12.7. The van der Waals surface area contributed by atoms with Gasteiger partial charge in [0, 0.05) is 23.5 Å². The minimum atomic E-state index is -6.09. The summed E-state index contributed by atoms with van der Waals surface area (Å²) in [5.74, 6) is 1.05. The normalized spacial score (nSPS) is 14.1. The van der Waals surface area contributed by atoms with Crippen LogP contribution in [0.2, 0.25) is 0 Å². The lowest BCUT2D eigenvalue weighted by molar-refractivity contribution is -0.621. The third-order valence-electron chi connectivity index (χ3n) is 5.82. The molecule has 0 N–H and O–H groups in total. The molecule has 3 aromatic rings. The van der Waals surface area contributed by atoms with Crippen LogP contribution in [0.15, 0.2) is 54.7 Å². The Morgan fingerprint density at radius 2 is 1.57 bits per heavy atom. The van der Waals surface area contributed by atoms with E-state index >= 15 is 0 Å². The van der Waals surface area contributed by atoms with Gasteiger partial charge in [0.25, 0.3) is 0 Å². The molecular formula is C26H29F3N2O3S. The Balaban J connectivity index is 0.000000371. The van der Waals surface area contributed by atoms with E-state index < -0.39 is 15.6 Å². The van der Waals surface area contributed by atoms with Crippen LogP contribution in [-0.2, 0) is 28.4 Å². The van der Waals surface area contributed by atoms with E-state index in [1.165, 1.54) is 46.5 Å². The van der Waals surface area contributed by atoms with Crippen molar-refractivity contribution < 1.29 is 30.7 Å². The van der Waals surface area contributed by atoms with Crippen molar-refractivity contribution in [1.29, 1.82) is 0 Å². The molecule has 1 aliphatic carbocycles. The Hall–Kier alpha value is -2.78. The molecule has 0 atom stereocenters. The van der Waals surface area contributed by atoms with Gasteiger partial charge in [-0.2, -0.15) is 17.7 Å². The number of pyridine rings is 2. The van der Waals surface area contributed by atoms with Gasteiger partial charge < -0.3 is 4.55 Å². The Kier molecular flexibility index (Phi) is 7.71. The van der Waals surface area contributed by atoms with E-state index in [0.29, 0.717) is 0 Å². The van der Waals surface area contributed by atoms with Gasteiger partial charge in [-0.25, -0.2) is 8.42 Å². The van der Waals surface area contributed by atoms with Gasteiger partial charge in [-0.3, -0.25) is 0 Å². The van der Waals surface area contributed by atoms with Crippen LogP contribution in [0.5, 0.6) is 0 Å². The first kappa shape index (κ1) is 26.8. The van der Waals surface area contributed by atoms with E-state index in [9.17, 15) is 13.2 Å². The number of fused-ring (bicyclic) bond motifs is 1. The van der Waals surface area contributed by atoms with Gasteiger partial charge in [-0.1, -0.05) is 51.1 Å². The number of hydrogen-bond acceptors (Lipinski definition) is 4. The van der Waals surface area contributed by atoms with E-state index in [4.69, 9.17) is 18.0 Å². The van der Waals surface area contributed by atoms with Crippen molar-refractivity contribution in [3.05, 3.63) is 77.2 Å². The molecule has 0 spiro atoms. The number of aromatic nitrogens is 2. The highest BCUT2D eigenvalue weighted by molar-refractivity contribution is 7.86. The first-order valence-electron chi connectivity index (χ1n) is 11.3. The van der Waals surface area contributed by atoms with E-state index in [1.807, 2.05) is 6.20 Å². The monoisotopic (exact) mass is 506 g/mol. The molecule has 0 saturated heterocycles. The van der Waals surface area contributed by atoms with Crippen LogP contribution in [0.3, 0.4) is 0 Å². The highest BCUT2D eigenvalue weighted by atomic mass is 32.2. The molecule has 0 unspecified atom stereocenters. The van der Waals surface area contributed by atoms with Gasteiger partial charge in [0.05, 0.1) is 0 Å². The van der Waals surface area contributed by atoms with Crippen LogP contribution in [-0.4, -0.2) is 23.5 Å². The second-order valence-electron chi connectivity index (χ2n) is 9.62. The molecule has 1 aromatic carbocycles. The number of nitrogens with zero attached hydrogens (tertiary/aromatic N) is 2. The van der Waals surface area contributed by atoms with E-state index in [2.05, 4.69) is 80.8 Å². The average Bonchev–Trinajstić information content (AvgIpc) is 2.77. The maximum atomic E-state index is 10.7. The summed E-state index contributed by atoms with van der Waals surface area (Å²) in [5.41, 5.74) is 2.65. The number of alkyl halides is 3. The molecule has 35 heavy (non-hydrogen) atoms. The van der Waals surface area contributed by atoms with Gasteiger partial charge in [0.2, 0.25) is 0 Å². The van der Waals surface area contributed by atoms with Crippen molar-refractivity contribution in [2.24, 2.45) is 0 Å². The maximum Gasteiger partial charge on any atom is 0.485 e. The fourth-order valence-corrected chi connectivity index (χ4v) is 4.19. The Bertz CT molecular complexity index is 1300. The highest BCUT2D eigenvalue weighted by Crippen LogP contribution is 2.34. The van der Waals surface area contributed by atoms with E-state index in [-0.39, 0.29) is 5.41 Å². The molecule has 0 radical (unpaired) electrons. The van der Waals surface area contributed by atoms with Crippen molar-refractivity contribution in [3.8, 4) is 16.9 Å². The van der Waals surface area contributed by atoms with Gasteiger partial charge in [-0.15, -0.1) is 0 Å². The largest absolute Gasteiger partial charge is 0.741 e. The molecule has 0 aliphatic heterocycles. The van der Waals surface area contributed by atoms with Crippen molar-refractivity contribution in [1.82, 2.24) is 4.98 Å². The number of rotatable bonds is 2. The number of benzene rings is 1. The van der Waals surface area contributed by atoms with Crippen LogP contribution < -0.4 is 4.57 Å². The minimum absolute atomic E-state index is 0.0292. The van der Waals surface area contributed by atoms with Gasteiger partial charge in [0.15, 0.2) is 10.1 Å². The molecule has 2 heterocycles. The summed E-state index contributed by atoms with van der Waals surface area (Å²) in [5, 5.41) is 0. The van der Waals surface area contributed by atoms with Gasteiger partial charge >= 0.3 is 11.3 Å². The molecule has 0 amide bonds. The van der Waals surface area contributed by atoms with Crippen LogP contribution in [0, 0.1) is 6.92 Å². The zero-order valence-electron chi connectivity index (χ0n) is 20.2. The van der Waals surface area contributed by atoms with Crippen molar-refractivity contribution >= 4 is 10.1 Å². The zero-order valence-corrected chi connectivity index (χ0v) is 21.0. The summed E-state index contributed by atoms with van der Waals surface area (Å²) < 4.78 is 61.4. The fraction of sp³-hybridized carbons (Fsp3) is 0.385. The lowest BCUT2D eigenvalue weighted by Gasteiger charge is -2.27. The summed E-state index contributed by atoms with van der Waals surface area (Å²) in [7, 11) is -6.09. The van der Waals surface area contributed by atoms with Crippen molar-refractivity contribution in [2.75, 3.05) is 0 Å². The Labute approximate surface area is 204 Å². The third-order valence-corrected chi connectivity index (χ3v) is 6.39. The van der Waals surface area contributed by atoms with E-state index in [0.717, 1.165) is 18.7 Å². The van der Waals surface area contributed by atoms with Crippen LogP contribution in [0.25, 0.3) is 16.9 Å². The van der Waals surface area contributed by atoms with Crippen molar-refractivity contribution in [3.63, 3.8) is 0 Å². The highest BCUT2D eigenvalue weighted by Gasteiger charge is 2.37. The average molecular weight is 507 g/mol. The summed E-state index contributed by atoms with van der Waals surface area (Å²) in [6, 6.07) is 17.6. The van der Waals surface area contributed by atoms with Crippen LogP contribution >= 0.6 is 0 Å². The SMILES string of the molecule is Cc1ccnc(-[n+]2c(C(C)(C)C)cc(-c3ccccc3)c3c2CCCC3)c1.O=S(=O)([O-])C(F)(F)F. The molecule has 0 fully saturated rings. The van der Waals surface area contributed by atoms with Gasteiger partial charge in [-0.05, 0) is 60.0 Å². The summed E-state index contributed by atoms with van der Waals surface area (Å²) >= 11 is 0. The van der Waals surface area contributed by atoms with Crippen molar-refractivity contribution in [2.45, 2.75) is 64.3 Å². The second-order valence-corrected chi connectivity index (χ2v) is 11.0. The molecule has 1 aliphatic rings. The molecule has 0 saturated carbocycles. The molecular weight excluding hydrogens is 477 g/mol. The zero-order chi connectivity index (χ0) is 26.0. The first-order chi connectivity index (χ1) is 16.2. The third kappa shape index (κ3) is 6.27. The molecule has 5 nitrogen and oxygen atoms in total. The van der Waals surface area contributed by atoms with E-state index in [1.54, 1.807) is 0 Å². The second kappa shape index (κ2) is 10.1. The fourth-order valence-electron chi connectivity index (χ4n) is 4.19.